The lowest BCUT2D eigenvalue weighted by Crippen LogP contribution is -2.10. The summed E-state index contributed by atoms with van der Waals surface area (Å²) in [4.78, 5) is 0. The molecule has 19 heavy (non-hydrogen) atoms. The Bertz CT molecular complexity index is 605. The Labute approximate surface area is 118 Å². The van der Waals surface area contributed by atoms with Crippen LogP contribution in [0, 0.1) is 18.6 Å². The Morgan fingerprint density at radius 1 is 1.32 bits per heavy atom. The van der Waals surface area contributed by atoms with Gasteiger partial charge in [0.1, 0.15) is 5.82 Å². The smallest absolute Gasteiger partial charge is 0.195 e. The maximum absolute atomic E-state index is 5.27. The topological polar surface area (TPSA) is 51.4 Å². The standard InChI is InChI=1S/C13H21N5S/c1-9(2)12-14-15-13(19)17(12)6-5-7-18-11(4)8-10(3)16-18/h8-9H,5-7H2,1-4H3,(H,15,19). The highest BCUT2D eigenvalue weighted by Crippen LogP contribution is 2.12. The molecule has 0 aliphatic rings. The molecule has 6 heteroatoms. The molecule has 0 unspecified atom stereocenters. The van der Waals surface area contributed by atoms with Crippen LogP contribution in [0.2, 0.25) is 0 Å². The van der Waals surface area contributed by atoms with Crippen molar-refractivity contribution < 1.29 is 0 Å². The van der Waals surface area contributed by atoms with Crippen molar-refractivity contribution in [3.63, 3.8) is 0 Å². The van der Waals surface area contributed by atoms with E-state index in [9.17, 15) is 0 Å². The summed E-state index contributed by atoms with van der Waals surface area (Å²) in [5.74, 6) is 1.40. The van der Waals surface area contributed by atoms with Crippen molar-refractivity contribution in [3.8, 4) is 0 Å². The van der Waals surface area contributed by atoms with Crippen LogP contribution in [0.1, 0.15) is 43.4 Å². The van der Waals surface area contributed by atoms with Crippen molar-refractivity contribution in [3.05, 3.63) is 28.0 Å². The predicted molar refractivity (Wildman–Crippen MR) is 77.8 cm³/mol. The highest BCUT2D eigenvalue weighted by atomic mass is 32.1. The van der Waals surface area contributed by atoms with Crippen molar-refractivity contribution in [2.75, 3.05) is 0 Å². The molecule has 5 nitrogen and oxygen atoms in total. The van der Waals surface area contributed by atoms with E-state index in [1.54, 1.807) is 0 Å². The van der Waals surface area contributed by atoms with Crippen LogP contribution in [0.25, 0.3) is 0 Å². The van der Waals surface area contributed by atoms with Crippen LogP contribution in [0.3, 0.4) is 0 Å². The third-order valence-corrected chi connectivity index (χ3v) is 3.47. The van der Waals surface area contributed by atoms with Gasteiger partial charge < -0.3 is 4.57 Å². The Kier molecular flexibility index (Phi) is 4.19. The third kappa shape index (κ3) is 3.12. The van der Waals surface area contributed by atoms with Crippen molar-refractivity contribution in [2.24, 2.45) is 0 Å². The Hall–Kier alpha value is -1.43. The van der Waals surface area contributed by atoms with Crippen molar-refractivity contribution in [1.29, 1.82) is 0 Å². The molecule has 1 N–H and O–H groups in total. The normalized spacial score (nSPS) is 11.4. The lowest BCUT2D eigenvalue weighted by Gasteiger charge is -2.09. The first-order valence-electron chi connectivity index (χ1n) is 6.65. The molecule has 2 aromatic rings. The SMILES string of the molecule is Cc1cc(C)n(CCCn2c(C(C)C)n[nH]c2=S)n1. The van der Waals surface area contributed by atoms with Crippen LogP contribution in [0.15, 0.2) is 6.07 Å². The largest absolute Gasteiger partial charge is 0.304 e. The summed E-state index contributed by atoms with van der Waals surface area (Å²) in [5.41, 5.74) is 2.28. The lowest BCUT2D eigenvalue weighted by molar-refractivity contribution is 0.500. The first-order chi connectivity index (χ1) is 8.99. The number of hydrogen-bond acceptors (Lipinski definition) is 3. The van der Waals surface area contributed by atoms with Crippen LogP contribution in [0.5, 0.6) is 0 Å². The minimum atomic E-state index is 0.377. The number of nitrogens with one attached hydrogen (secondary N) is 1. The van der Waals surface area contributed by atoms with E-state index in [-0.39, 0.29) is 0 Å². The van der Waals surface area contributed by atoms with E-state index in [2.05, 4.69) is 46.7 Å². The number of aryl methyl sites for hydroxylation is 3. The molecule has 0 fully saturated rings. The number of H-pyrrole nitrogens is 1. The van der Waals surface area contributed by atoms with Gasteiger partial charge in [-0.2, -0.15) is 10.2 Å². The zero-order chi connectivity index (χ0) is 14.0. The van der Waals surface area contributed by atoms with Crippen molar-refractivity contribution in [2.45, 2.75) is 53.1 Å². The minimum absolute atomic E-state index is 0.377. The van der Waals surface area contributed by atoms with Crippen LogP contribution in [-0.2, 0) is 13.1 Å². The number of aromatic nitrogens is 5. The highest BCUT2D eigenvalue weighted by molar-refractivity contribution is 7.71. The average Bonchev–Trinajstić information content (AvgIpc) is 2.84. The summed E-state index contributed by atoms with van der Waals surface area (Å²) in [6.07, 6.45) is 0.996. The quantitative estimate of drug-likeness (QED) is 0.856. The zero-order valence-corrected chi connectivity index (χ0v) is 12.8. The summed E-state index contributed by atoms with van der Waals surface area (Å²) >= 11 is 5.27. The van der Waals surface area contributed by atoms with Crippen molar-refractivity contribution >= 4 is 12.2 Å². The molecule has 2 heterocycles. The number of nitrogens with zero attached hydrogens (tertiary/aromatic N) is 4. The molecule has 0 saturated heterocycles. The molecule has 0 atom stereocenters. The van der Waals surface area contributed by atoms with Gasteiger partial charge in [0, 0.05) is 24.7 Å². The van der Waals surface area contributed by atoms with E-state index in [1.807, 2.05) is 11.6 Å². The minimum Gasteiger partial charge on any atom is -0.304 e. The zero-order valence-electron chi connectivity index (χ0n) is 12.0. The lowest BCUT2D eigenvalue weighted by atomic mass is 10.2. The van der Waals surface area contributed by atoms with Gasteiger partial charge in [0.15, 0.2) is 4.77 Å². The maximum atomic E-state index is 5.27. The molecule has 0 radical (unpaired) electrons. The van der Waals surface area contributed by atoms with Crippen LogP contribution >= 0.6 is 12.2 Å². The van der Waals surface area contributed by atoms with Gasteiger partial charge >= 0.3 is 0 Å². The fourth-order valence-electron chi connectivity index (χ4n) is 2.27. The second-order valence-electron chi connectivity index (χ2n) is 5.20. The molecular weight excluding hydrogens is 258 g/mol. The maximum Gasteiger partial charge on any atom is 0.195 e. The molecule has 0 bridgehead atoms. The predicted octanol–water partition coefficient (Wildman–Crippen LogP) is 2.97. The first-order valence-corrected chi connectivity index (χ1v) is 7.06. The van der Waals surface area contributed by atoms with Gasteiger partial charge in [-0.3, -0.25) is 9.78 Å². The van der Waals surface area contributed by atoms with Gasteiger partial charge in [0.2, 0.25) is 0 Å². The van der Waals surface area contributed by atoms with Gasteiger partial charge in [0.25, 0.3) is 0 Å². The Balaban J connectivity index is 2.02. The molecule has 2 rings (SSSR count). The van der Waals surface area contributed by atoms with Crippen LogP contribution in [-0.4, -0.2) is 24.5 Å². The van der Waals surface area contributed by atoms with E-state index in [1.165, 1.54) is 5.69 Å². The molecule has 0 saturated carbocycles. The Morgan fingerprint density at radius 2 is 2.05 bits per heavy atom. The van der Waals surface area contributed by atoms with E-state index in [0.29, 0.717) is 10.7 Å². The molecule has 0 aliphatic carbocycles. The third-order valence-electron chi connectivity index (χ3n) is 3.16. The molecule has 0 amide bonds. The number of rotatable bonds is 5. The van der Waals surface area contributed by atoms with E-state index < -0.39 is 0 Å². The van der Waals surface area contributed by atoms with E-state index in [0.717, 1.165) is 31.0 Å². The molecule has 0 aliphatic heterocycles. The molecule has 0 spiro atoms. The molecular formula is C13H21N5S. The summed E-state index contributed by atoms with van der Waals surface area (Å²) in [6, 6.07) is 2.10. The van der Waals surface area contributed by atoms with Crippen LogP contribution < -0.4 is 0 Å². The van der Waals surface area contributed by atoms with Crippen LogP contribution in [0.4, 0.5) is 0 Å². The number of aromatic amines is 1. The van der Waals surface area contributed by atoms with E-state index >= 15 is 0 Å². The summed E-state index contributed by atoms with van der Waals surface area (Å²) in [5, 5.41) is 11.6. The Morgan fingerprint density at radius 3 is 2.63 bits per heavy atom. The van der Waals surface area contributed by atoms with Gasteiger partial charge in [-0.1, -0.05) is 13.8 Å². The van der Waals surface area contributed by atoms with Crippen molar-refractivity contribution in [1.82, 2.24) is 24.5 Å². The fourth-order valence-corrected chi connectivity index (χ4v) is 2.50. The second-order valence-corrected chi connectivity index (χ2v) is 5.58. The monoisotopic (exact) mass is 279 g/mol. The van der Waals surface area contributed by atoms with Gasteiger partial charge in [-0.15, -0.1) is 0 Å². The van der Waals surface area contributed by atoms with Gasteiger partial charge in [-0.05, 0) is 38.6 Å². The van der Waals surface area contributed by atoms with E-state index in [4.69, 9.17) is 12.2 Å². The number of hydrogen-bond donors (Lipinski definition) is 1. The van der Waals surface area contributed by atoms with Gasteiger partial charge in [0.05, 0.1) is 5.69 Å². The average molecular weight is 279 g/mol. The highest BCUT2D eigenvalue weighted by Gasteiger charge is 2.09. The van der Waals surface area contributed by atoms with Gasteiger partial charge in [-0.25, -0.2) is 0 Å². The fraction of sp³-hybridized carbons (Fsp3) is 0.615. The summed E-state index contributed by atoms with van der Waals surface area (Å²) < 4.78 is 4.84. The molecule has 104 valence electrons. The summed E-state index contributed by atoms with van der Waals surface area (Å²) in [6.45, 7) is 10.1. The molecule has 2 aromatic heterocycles. The summed E-state index contributed by atoms with van der Waals surface area (Å²) in [7, 11) is 0. The second kappa shape index (κ2) is 5.69. The first kappa shape index (κ1) is 14.0. The molecule has 0 aromatic carbocycles.